The number of aliphatic hydroxyl groups excluding tert-OH is 2. The standard InChI is InChI=1S/C39H67N11O12/c1-19(2)9-25(47-33(55)24(40)12-23-13-41-18-44-23)35(57)48-26(10-20(3)4)36(58)50-32(22(7)8)38(60)43-15-31(54)46-29(17-52)37(59)49-28(16-51)34(56)42-14-30(53)45-27(39(61)62)11-21(5)6/h13,18-22,24-29,32,51-52H,9-12,14-17,40H2,1-8H3,(H,41,44)(H,42,56)(H,43,60)(H,45,53)(H,46,54)(H,47,55)(H,48,57)(H,49,59)(H,50,58)(H,61,62)/t24-,25-,26-,27-,28-,29-,32-/m0/s1. The van der Waals surface area contributed by atoms with Gasteiger partial charge in [-0.1, -0.05) is 55.4 Å². The summed E-state index contributed by atoms with van der Waals surface area (Å²) in [5.74, 6) is -8.61. The van der Waals surface area contributed by atoms with E-state index < -0.39 is 128 Å². The molecule has 0 aliphatic carbocycles. The second-order valence-corrected chi connectivity index (χ2v) is 16.6. The fourth-order valence-electron chi connectivity index (χ4n) is 5.88. The van der Waals surface area contributed by atoms with Crippen molar-refractivity contribution >= 4 is 53.2 Å². The molecule has 0 saturated carbocycles. The Labute approximate surface area is 361 Å². The Morgan fingerprint density at radius 1 is 0.581 bits per heavy atom. The van der Waals surface area contributed by atoms with Gasteiger partial charge in [-0.3, -0.25) is 38.4 Å². The summed E-state index contributed by atoms with van der Waals surface area (Å²) in [6.45, 7) is 10.8. The van der Waals surface area contributed by atoms with Crippen LogP contribution in [0.15, 0.2) is 12.5 Å². The Balaban J connectivity index is 2.89. The van der Waals surface area contributed by atoms with Gasteiger partial charge < -0.3 is 68.6 Å². The summed E-state index contributed by atoms with van der Waals surface area (Å²) in [4.78, 5) is 122. The van der Waals surface area contributed by atoms with Crippen LogP contribution < -0.4 is 48.3 Å². The molecule has 0 aliphatic rings. The molecule has 8 amide bonds. The number of nitrogens with zero attached hydrogens (tertiary/aromatic N) is 1. The van der Waals surface area contributed by atoms with E-state index in [9.17, 15) is 58.5 Å². The smallest absolute Gasteiger partial charge is 0.326 e. The number of hydrogen-bond acceptors (Lipinski definition) is 13. The van der Waals surface area contributed by atoms with E-state index in [-0.39, 0.29) is 43.4 Å². The van der Waals surface area contributed by atoms with E-state index in [2.05, 4.69) is 52.5 Å². The van der Waals surface area contributed by atoms with Gasteiger partial charge in [-0.05, 0) is 42.9 Å². The van der Waals surface area contributed by atoms with Crippen LogP contribution in [0.4, 0.5) is 0 Å². The molecule has 7 atom stereocenters. The largest absolute Gasteiger partial charge is 0.480 e. The molecule has 1 aromatic rings. The summed E-state index contributed by atoms with van der Waals surface area (Å²) in [5.41, 5.74) is 6.71. The van der Waals surface area contributed by atoms with E-state index in [1.165, 1.54) is 12.5 Å². The number of carboxylic acids is 1. The number of H-pyrrole nitrogens is 1. The molecule has 1 heterocycles. The number of amides is 8. The van der Waals surface area contributed by atoms with Crippen molar-refractivity contribution in [2.75, 3.05) is 26.3 Å². The van der Waals surface area contributed by atoms with E-state index in [0.717, 1.165) is 0 Å². The average molecular weight is 882 g/mol. The molecule has 0 fully saturated rings. The van der Waals surface area contributed by atoms with E-state index in [1.54, 1.807) is 27.7 Å². The molecule has 0 saturated heterocycles. The first-order valence-electron chi connectivity index (χ1n) is 20.5. The van der Waals surface area contributed by atoms with Crippen LogP contribution in [0.1, 0.15) is 80.3 Å². The van der Waals surface area contributed by atoms with E-state index >= 15 is 0 Å². The summed E-state index contributed by atoms with van der Waals surface area (Å²) in [7, 11) is 0. The third kappa shape index (κ3) is 20.3. The number of imidazole rings is 1. The lowest BCUT2D eigenvalue weighted by atomic mass is 9.98. The predicted octanol–water partition coefficient (Wildman–Crippen LogP) is -3.72. The first-order valence-corrected chi connectivity index (χ1v) is 20.5. The molecule has 0 radical (unpaired) electrons. The number of aromatic amines is 1. The fourth-order valence-corrected chi connectivity index (χ4v) is 5.88. The van der Waals surface area contributed by atoms with Crippen molar-refractivity contribution in [3.63, 3.8) is 0 Å². The monoisotopic (exact) mass is 881 g/mol. The fraction of sp³-hybridized carbons (Fsp3) is 0.692. The summed E-state index contributed by atoms with van der Waals surface area (Å²) >= 11 is 0. The molecular weight excluding hydrogens is 814 g/mol. The lowest BCUT2D eigenvalue weighted by Crippen LogP contribution is -2.59. The Bertz CT molecular complexity index is 1660. The van der Waals surface area contributed by atoms with Crippen molar-refractivity contribution < 1.29 is 58.5 Å². The first-order chi connectivity index (χ1) is 29.0. The van der Waals surface area contributed by atoms with Gasteiger partial charge in [-0.15, -0.1) is 0 Å². The lowest BCUT2D eigenvalue weighted by Gasteiger charge is -2.28. The number of aromatic nitrogens is 2. The molecule has 23 heteroatoms. The number of nitrogens with one attached hydrogen (secondary N) is 9. The number of rotatable bonds is 28. The predicted molar refractivity (Wildman–Crippen MR) is 223 cm³/mol. The highest BCUT2D eigenvalue weighted by atomic mass is 16.4. The molecule has 23 nitrogen and oxygen atoms in total. The molecule has 0 bridgehead atoms. The Hall–Kier alpha value is -5.68. The first kappa shape index (κ1) is 54.3. The molecule has 0 spiro atoms. The van der Waals surface area contributed by atoms with Gasteiger partial charge in [0.15, 0.2) is 0 Å². The lowest BCUT2D eigenvalue weighted by molar-refractivity contribution is -0.142. The number of nitrogens with two attached hydrogens (primary N) is 1. The molecule has 350 valence electrons. The minimum absolute atomic E-state index is 0.0345. The Morgan fingerprint density at radius 2 is 1.00 bits per heavy atom. The van der Waals surface area contributed by atoms with E-state index in [4.69, 9.17) is 5.73 Å². The van der Waals surface area contributed by atoms with Gasteiger partial charge >= 0.3 is 5.97 Å². The molecule has 14 N–H and O–H groups in total. The minimum atomic E-state index is -1.66. The Morgan fingerprint density at radius 3 is 1.45 bits per heavy atom. The molecule has 0 aromatic carbocycles. The highest BCUT2D eigenvalue weighted by Gasteiger charge is 2.33. The van der Waals surface area contributed by atoms with Crippen LogP contribution in [-0.2, 0) is 49.6 Å². The van der Waals surface area contributed by atoms with Crippen LogP contribution >= 0.6 is 0 Å². The summed E-state index contributed by atoms with van der Waals surface area (Å²) in [5, 5.41) is 48.0. The topological polar surface area (TPSA) is 365 Å². The van der Waals surface area contributed by atoms with Crippen LogP contribution in [-0.4, -0.2) is 147 Å². The third-order valence-electron chi connectivity index (χ3n) is 9.10. The molecular formula is C39H67N11O12. The minimum Gasteiger partial charge on any atom is -0.480 e. The number of aliphatic carboxylic acids is 1. The zero-order valence-corrected chi connectivity index (χ0v) is 36.7. The highest BCUT2D eigenvalue weighted by molar-refractivity contribution is 5.97. The van der Waals surface area contributed by atoms with Crippen LogP contribution in [0.5, 0.6) is 0 Å². The molecule has 62 heavy (non-hydrogen) atoms. The zero-order chi connectivity index (χ0) is 47.3. The van der Waals surface area contributed by atoms with Crippen molar-refractivity contribution in [3.05, 3.63) is 18.2 Å². The second kappa shape index (κ2) is 27.3. The maximum Gasteiger partial charge on any atom is 0.326 e. The van der Waals surface area contributed by atoms with Crippen LogP contribution in [0.3, 0.4) is 0 Å². The Kier molecular flexibility index (Phi) is 23.9. The summed E-state index contributed by atoms with van der Waals surface area (Å²) < 4.78 is 0. The van der Waals surface area contributed by atoms with Crippen molar-refractivity contribution in [2.24, 2.45) is 29.4 Å². The van der Waals surface area contributed by atoms with Crippen molar-refractivity contribution in [1.82, 2.24) is 52.5 Å². The molecule has 1 rings (SSSR count). The van der Waals surface area contributed by atoms with Gasteiger partial charge in [0.25, 0.3) is 0 Å². The molecule has 0 unspecified atom stereocenters. The maximum absolute atomic E-state index is 13.7. The molecule has 0 aliphatic heterocycles. The normalized spacial score (nSPS) is 14.7. The van der Waals surface area contributed by atoms with Crippen LogP contribution in [0.25, 0.3) is 0 Å². The number of carbonyl (C=O) groups is 9. The van der Waals surface area contributed by atoms with Gasteiger partial charge in [0.05, 0.1) is 38.7 Å². The summed E-state index contributed by atoms with van der Waals surface area (Å²) in [6.07, 6.45) is 3.65. The number of carboxylic acid groups (broad SMARTS) is 1. The van der Waals surface area contributed by atoms with Crippen molar-refractivity contribution in [2.45, 2.75) is 123 Å². The van der Waals surface area contributed by atoms with Gasteiger partial charge in [0.2, 0.25) is 47.3 Å². The number of aliphatic hydroxyl groups is 2. The molecule has 1 aromatic heterocycles. The third-order valence-corrected chi connectivity index (χ3v) is 9.10. The zero-order valence-electron chi connectivity index (χ0n) is 36.7. The van der Waals surface area contributed by atoms with Crippen molar-refractivity contribution in [1.29, 1.82) is 0 Å². The van der Waals surface area contributed by atoms with Gasteiger partial charge in [-0.2, -0.15) is 0 Å². The number of hydrogen-bond donors (Lipinski definition) is 13. The van der Waals surface area contributed by atoms with Crippen LogP contribution in [0.2, 0.25) is 0 Å². The van der Waals surface area contributed by atoms with E-state index in [0.29, 0.717) is 5.69 Å². The van der Waals surface area contributed by atoms with Crippen molar-refractivity contribution in [3.8, 4) is 0 Å². The van der Waals surface area contributed by atoms with Crippen LogP contribution in [0, 0.1) is 23.7 Å². The van der Waals surface area contributed by atoms with Gasteiger partial charge in [0, 0.05) is 18.3 Å². The maximum atomic E-state index is 13.7. The number of carbonyl (C=O) groups excluding carboxylic acids is 8. The SMILES string of the molecule is CC(C)C[C@H](NC(=O)CNC(=O)[C@H](CO)NC(=O)[C@H](CO)NC(=O)CNC(=O)[C@@H](NC(=O)[C@H](CC(C)C)NC(=O)[C@H](CC(C)C)NC(=O)[C@@H](N)Cc1cnc[nH]1)C(C)C)C(=O)O. The van der Waals surface area contributed by atoms with E-state index in [1.807, 2.05) is 27.7 Å². The van der Waals surface area contributed by atoms with Gasteiger partial charge in [0.1, 0.15) is 36.3 Å². The van der Waals surface area contributed by atoms with Gasteiger partial charge in [-0.25, -0.2) is 9.78 Å². The second-order valence-electron chi connectivity index (χ2n) is 16.6. The quantitative estimate of drug-likeness (QED) is 0.0385. The highest BCUT2D eigenvalue weighted by Crippen LogP contribution is 2.11. The summed E-state index contributed by atoms with van der Waals surface area (Å²) in [6, 6.07) is -8.86. The average Bonchev–Trinajstić information content (AvgIpc) is 3.70.